The number of rotatable bonds is 4. The molecule has 0 aromatic carbocycles. The first-order chi connectivity index (χ1) is 7.25. The Balaban J connectivity index is 1.79. The Labute approximate surface area is 94.9 Å². The average molecular weight is 226 g/mol. The Hall–Kier alpha value is -0.380. The van der Waals surface area contributed by atoms with E-state index in [2.05, 4.69) is 18.4 Å². The van der Waals surface area contributed by atoms with Crippen molar-refractivity contribution >= 4 is 11.3 Å². The minimum Gasteiger partial charge on any atom is -0.388 e. The SMILES string of the molecule is Cc1cc(C(O)CCC2CCCO2)cs1. The maximum atomic E-state index is 9.95. The highest BCUT2D eigenvalue weighted by molar-refractivity contribution is 7.10. The molecule has 1 fully saturated rings. The van der Waals surface area contributed by atoms with Crippen LogP contribution in [0.2, 0.25) is 0 Å². The number of aryl methyl sites for hydroxylation is 1. The van der Waals surface area contributed by atoms with Crippen LogP contribution in [0.5, 0.6) is 0 Å². The lowest BCUT2D eigenvalue weighted by Crippen LogP contribution is -2.07. The molecule has 2 heterocycles. The van der Waals surface area contributed by atoms with E-state index in [1.165, 1.54) is 11.3 Å². The second kappa shape index (κ2) is 5.10. The Morgan fingerprint density at radius 2 is 2.53 bits per heavy atom. The van der Waals surface area contributed by atoms with Gasteiger partial charge in [0.15, 0.2) is 0 Å². The summed E-state index contributed by atoms with van der Waals surface area (Å²) in [6.45, 7) is 2.97. The van der Waals surface area contributed by atoms with Gasteiger partial charge in [0.2, 0.25) is 0 Å². The summed E-state index contributed by atoms with van der Waals surface area (Å²) in [5.41, 5.74) is 1.07. The second-order valence-electron chi connectivity index (χ2n) is 4.22. The molecular weight excluding hydrogens is 208 g/mol. The van der Waals surface area contributed by atoms with E-state index in [9.17, 15) is 5.11 Å². The van der Waals surface area contributed by atoms with Gasteiger partial charge in [-0.2, -0.15) is 0 Å². The summed E-state index contributed by atoms with van der Waals surface area (Å²) in [5.74, 6) is 0. The first kappa shape index (κ1) is 11.1. The molecule has 3 heteroatoms. The minimum absolute atomic E-state index is 0.306. The molecule has 1 N–H and O–H groups in total. The van der Waals surface area contributed by atoms with Crippen LogP contribution in [0.15, 0.2) is 11.4 Å². The lowest BCUT2D eigenvalue weighted by Gasteiger charge is -2.12. The normalized spacial score (nSPS) is 23.2. The fourth-order valence-electron chi connectivity index (χ4n) is 2.02. The van der Waals surface area contributed by atoms with Crippen LogP contribution >= 0.6 is 11.3 Å². The van der Waals surface area contributed by atoms with Gasteiger partial charge in [-0.25, -0.2) is 0 Å². The van der Waals surface area contributed by atoms with Gasteiger partial charge in [0.05, 0.1) is 12.2 Å². The van der Waals surface area contributed by atoms with Crippen LogP contribution in [-0.4, -0.2) is 17.8 Å². The zero-order valence-corrected chi connectivity index (χ0v) is 9.93. The monoisotopic (exact) mass is 226 g/mol. The van der Waals surface area contributed by atoms with Crippen molar-refractivity contribution in [1.29, 1.82) is 0 Å². The Kier molecular flexibility index (Phi) is 3.78. The molecule has 1 saturated heterocycles. The van der Waals surface area contributed by atoms with Gasteiger partial charge < -0.3 is 9.84 Å². The smallest absolute Gasteiger partial charge is 0.0799 e. The molecule has 2 atom stereocenters. The van der Waals surface area contributed by atoms with E-state index in [0.717, 1.165) is 31.4 Å². The van der Waals surface area contributed by atoms with E-state index >= 15 is 0 Å². The van der Waals surface area contributed by atoms with Crippen molar-refractivity contribution in [3.05, 3.63) is 21.9 Å². The molecule has 0 saturated carbocycles. The van der Waals surface area contributed by atoms with Crippen molar-refractivity contribution in [2.24, 2.45) is 0 Å². The average Bonchev–Trinajstić information content (AvgIpc) is 2.84. The van der Waals surface area contributed by atoms with Crippen molar-refractivity contribution in [3.63, 3.8) is 0 Å². The van der Waals surface area contributed by atoms with Gasteiger partial charge in [0, 0.05) is 11.5 Å². The third-order valence-electron chi connectivity index (χ3n) is 2.92. The van der Waals surface area contributed by atoms with Crippen LogP contribution in [-0.2, 0) is 4.74 Å². The molecule has 1 aromatic rings. The Morgan fingerprint density at radius 1 is 1.67 bits per heavy atom. The summed E-state index contributed by atoms with van der Waals surface area (Å²) in [6.07, 6.45) is 4.23. The summed E-state index contributed by atoms with van der Waals surface area (Å²) in [5, 5.41) is 12.0. The van der Waals surface area contributed by atoms with Crippen molar-refractivity contribution in [2.45, 2.75) is 44.8 Å². The molecule has 2 rings (SSSR count). The van der Waals surface area contributed by atoms with Crippen LogP contribution in [0.25, 0.3) is 0 Å². The quantitative estimate of drug-likeness (QED) is 0.855. The number of hydrogen-bond acceptors (Lipinski definition) is 3. The lowest BCUT2D eigenvalue weighted by atomic mass is 10.0. The van der Waals surface area contributed by atoms with E-state index in [1.54, 1.807) is 11.3 Å². The van der Waals surface area contributed by atoms with E-state index < -0.39 is 0 Å². The van der Waals surface area contributed by atoms with Gasteiger partial charge in [-0.3, -0.25) is 0 Å². The molecule has 0 radical (unpaired) electrons. The summed E-state index contributed by atoms with van der Waals surface area (Å²) in [6, 6.07) is 2.07. The standard InChI is InChI=1S/C12H18O2S/c1-9-7-10(8-15-9)12(13)5-4-11-3-2-6-14-11/h7-8,11-13H,2-6H2,1H3. The van der Waals surface area contributed by atoms with Gasteiger partial charge in [-0.1, -0.05) is 0 Å². The maximum Gasteiger partial charge on any atom is 0.0799 e. The topological polar surface area (TPSA) is 29.5 Å². The van der Waals surface area contributed by atoms with Crippen LogP contribution in [0.1, 0.15) is 42.2 Å². The number of thiophene rings is 1. The first-order valence-electron chi connectivity index (χ1n) is 5.60. The molecule has 0 bridgehead atoms. The Morgan fingerprint density at radius 3 is 3.13 bits per heavy atom. The zero-order valence-electron chi connectivity index (χ0n) is 9.11. The number of aliphatic hydroxyl groups is 1. The summed E-state index contributed by atoms with van der Waals surface area (Å²) < 4.78 is 5.54. The van der Waals surface area contributed by atoms with Gasteiger partial charge in [0.1, 0.15) is 0 Å². The Bertz CT molecular complexity index is 302. The molecule has 0 aliphatic carbocycles. The molecule has 1 aliphatic rings. The molecule has 2 nitrogen and oxygen atoms in total. The van der Waals surface area contributed by atoms with Crippen molar-refractivity contribution in [2.75, 3.05) is 6.61 Å². The second-order valence-corrected chi connectivity index (χ2v) is 5.33. The third kappa shape index (κ3) is 3.03. The number of hydrogen-bond donors (Lipinski definition) is 1. The van der Waals surface area contributed by atoms with Crippen LogP contribution in [0.4, 0.5) is 0 Å². The van der Waals surface area contributed by atoms with E-state index in [4.69, 9.17) is 4.74 Å². The fraction of sp³-hybridized carbons (Fsp3) is 0.667. The highest BCUT2D eigenvalue weighted by atomic mass is 32.1. The third-order valence-corrected chi connectivity index (χ3v) is 3.80. The van der Waals surface area contributed by atoms with Gasteiger partial charge >= 0.3 is 0 Å². The zero-order chi connectivity index (χ0) is 10.7. The fourth-order valence-corrected chi connectivity index (χ4v) is 2.77. The molecule has 1 aliphatic heterocycles. The molecule has 0 amide bonds. The van der Waals surface area contributed by atoms with E-state index in [1.807, 2.05) is 0 Å². The maximum absolute atomic E-state index is 9.95. The van der Waals surface area contributed by atoms with Crippen molar-refractivity contribution in [3.8, 4) is 0 Å². The van der Waals surface area contributed by atoms with Crippen LogP contribution in [0, 0.1) is 6.92 Å². The molecular formula is C12H18O2S. The minimum atomic E-state index is -0.306. The summed E-state index contributed by atoms with van der Waals surface area (Å²) in [4.78, 5) is 1.26. The van der Waals surface area contributed by atoms with Gasteiger partial charge in [0.25, 0.3) is 0 Å². The predicted octanol–water partition coefficient (Wildman–Crippen LogP) is 3.05. The lowest BCUT2D eigenvalue weighted by molar-refractivity contribution is 0.0813. The van der Waals surface area contributed by atoms with E-state index in [0.29, 0.717) is 6.10 Å². The van der Waals surface area contributed by atoms with Crippen LogP contribution < -0.4 is 0 Å². The number of ether oxygens (including phenoxy) is 1. The number of aliphatic hydroxyl groups excluding tert-OH is 1. The molecule has 84 valence electrons. The predicted molar refractivity (Wildman–Crippen MR) is 62.2 cm³/mol. The molecule has 1 aromatic heterocycles. The molecule has 2 unspecified atom stereocenters. The largest absolute Gasteiger partial charge is 0.388 e. The van der Waals surface area contributed by atoms with Gasteiger partial charge in [-0.05, 0) is 49.6 Å². The highest BCUT2D eigenvalue weighted by Crippen LogP contribution is 2.26. The van der Waals surface area contributed by atoms with Crippen molar-refractivity contribution in [1.82, 2.24) is 0 Å². The summed E-state index contributed by atoms with van der Waals surface area (Å²) in [7, 11) is 0. The van der Waals surface area contributed by atoms with E-state index in [-0.39, 0.29) is 6.10 Å². The molecule has 0 spiro atoms. The first-order valence-corrected chi connectivity index (χ1v) is 6.48. The van der Waals surface area contributed by atoms with Crippen molar-refractivity contribution < 1.29 is 9.84 Å². The highest BCUT2D eigenvalue weighted by Gasteiger charge is 2.17. The summed E-state index contributed by atoms with van der Waals surface area (Å²) >= 11 is 1.70. The molecule has 15 heavy (non-hydrogen) atoms. The van der Waals surface area contributed by atoms with Crippen LogP contribution in [0.3, 0.4) is 0 Å². The van der Waals surface area contributed by atoms with Gasteiger partial charge in [-0.15, -0.1) is 11.3 Å².